The minimum atomic E-state index is -0.437. The molecule has 2 nitrogen and oxygen atoms in total. The second-order valence-corrected chi connectivity index (χ2v) is 31.9. The van der Waals surface area contributed by atoms with Crippen LogP contribution in [0, 0.1) is 0 Å². The standard InChI is InChI=1S/C63H43N.C57H39N/c1-4-18-46(19-5-1)61-55-26-10-12-28-57(55)62(58-29-13-11-27-56(58)61)47-36-42-52(43-37-47)64(50-22-8-3-9-23-50)51-40-34-45(35-41-51)44-32-38-49(39-33-44)63(48-20-6-2-7-21-48)59-30-16-14-24-53(59)54-25-15-17-31-60(54)63;1-4-18-40(19-5-1)55-49-26-10-12-28-51(49)56(52-29-13-11-27-50(52)55)41-32-36-45(37-33-41)58(44-22-8-3-9-23-44)46-38-34-43(35-39-46)57(42-20-6-2-7-21-42)53-30-16-14-24-47(53)48-25-15-17-31-54(48)57/h1-43H;1-39H. The second kappa shape index (κ2) is 31.0. The monoisotopic (exact) mass is 1550 g/mol. The maximum absolute atomic E-state index is 2.37. The number of fused-ring (bicyclic) bond motifs is 10. The Morgan fingerprint density at radius 2 is 0.295 bits per heavy atom. The number of hydrogen-bond acceptors (Lipinski definition) is 2. The lowest BCUT2D eigenvalue weighted by atomic mass is 9.67. The first-order chi connectivity index (χ1) is 60.6. The van der Waals surface area contributed by atoms with E-state index in [-0.39, 0.29) is 0 Å². The first-order valence-corrected chi connectivity index (χ1v) is 42.3. The summed E-state index contributed by atoms with van der Waals surface area (Å²) in [7, 11) is 0. The Balaban J connectivity index is 0.000000146. The average molecular weight is 1550 g/mol. The average Bonchev–Trinajstić information content (AvgIpc) is 1.53. The van der Waals surface area contributed by atoms with Crippen molar-refractivity contribution >= 4 is 77.2 Å². The van der Waals surface area contributed by atoms with E-state index in [0.717, 1.165) is 34.1 Å². The first kappa shape index (κ1) is 72.7. The summed E-state index contributed by atoms with van der Waals surface area (Å²) in [4.78, 5) is 4.72. The highest BCUT2D eigenvalue weighted by atomic mass is 15.1. The Morgan fingerprint density at radius 3 is 0.566 bits per heavy atom. The molecule has 0 bridgehead atoms. The van der Waals surface area contributed by atoms with Crippen LogP contribution >= 0.6 is 0 Å². The van der Waals surface area contributed by atoms with Gasteiger partial charge in [0, 0.05) is 34.1 Å². The van der Waals surface area contributed by atoms with Gasteiger partial charge in [-0.05, 0) is 238 Å². The van der Waals surface area contributed by atoms with Crippen LogP contribution in [0.5, 0.6) is 0 Å². The molecular formula is C120H82N2. The Labute approximate surface area is 712 Å². The molecule has 21 aromatic rings. The number of anilines is 6. The van der Waals surface area contributed by atoms with Crippen LogP contribution in [0.1, 0.15) is 44.5 Å². The smallest absolute Gasteiger partial charge is 0.0713 e. The van der Waals surface area contributed by atoms with Crippen LogP contribution in [0.2, 0.25) is 0 Å². The number of hydrogen-bond donors (Lipinski definition) is 0. The third-order valence-electron chi connectivity index (χ3n) is 25.5. The van der Waals surface area contributed by atoms with Gasteiger partial charge in [0.05, 0.1) is 10.8 Å². The molecule has 0 saturated heterocycles. The molecule has 122 heavy (non-hydrogen) atoms. The van der Waals surface area contributed by atoms with Gasteiger partial charge in [-0.25, -0.2) is 0 Å². The molecule has 0 unspecified atom stereocenters. The van der Waals surface area contributed by atoms with Gasteiger partial charge in [-0.1, -0.05) is 425 Å². The summed E-state index contributed by atoms with van der Waals surface area (Å²) in [5.74, 6) is 0. The molecule has 0 aliphatic heterocycles. The summed E-state index contributed by atoms with van der Waals surface area (Å²) in [6.45, 7) is 0. The molecule has 572 valence electrons. The van der Waals surface area contributed by atoms with Crippen molar-refractivity contribution in [3.05, 3.63) is 542 Å². The van der Waals surface area contributed by atoms with Gasteiger partial charge in [0.2, 0.25) is 0 Å². The normalized spacial score (nSPS) is 12.6. The van der Waals surface area contributed by atoms with Crippen molar-refractivity contribution in [2.45, 2.75) is 10.8 Å². The van der Waals surface area contributed by atoms with Crippen LogP contribution in [-0.2, 0) is 10.8 Å². The fourth-order valence-electron chi connectivity index (χ4n) is 20.3. The summed E-state index contributed by atoms with van der Waals surface area (Å²) in [5, 5.41) is 10.1. The van der Waals surface area contributed by atoms with E-state index in [0.29, 0.717) is 0 Å². The molecule has 0 saturated carbocycles. The van der Waals surface area contributed by atoms with Crippen LogP contribution in [0.3, 0.4) is 0 Å². The van der Waals surface area contributed by atoms with E-state index in [9.17, 15) is 0 Å². The molecule has 0 amide bonds. The molecule has 0 radical (unpaired) electrons. The lowest BCUT2D eigenvalue weighted by Crippen LogP contribution is -2.28. The van der Waals surface area contributed by atoms with Gasteiger partial charge >= 0.3 is 0 Å². The zero-order valence-electron chi connectivity index (χ0n) is 67.2. The van der Waals surface area contributed by atoms with E-state index < -0.39 is 10.8 Å². The van der Waals surface area contributed by atoms with Gasteiger partial charge in [0.1, 0.15) is 0 Å². The number of para-hydroxylation sites is 2. The maximum atomic E-state index is 2.37. The minimum Gasteiger partial charge on any atom is -0.311 e. The quantitative estimate of drug-likeness (QED) is 0.0944. The summed E-state index contributed by atoms with van der Waals surface area (Å²) in [6.07, 6.45) is 0. The SMILES string of the molecule is c1ccc(-c2c3ccccc3c(-c3ccc(N(c4ccccc4)c4ccc(-c5ccc(C6(c7ccccc7)c7ccccc7-c7ccccc76)cc5)cc4)cc3)c3ccccc23)cc1.c1ccc(-c2c3ccccc3c(-c3ccc(N(c4ccccc4)c4ccc(C5(c6ccccc6)c6ccccc6-c6ccccc65)cc4)cc3)c3ccccc23)cc1. The van der Waals surface area contributed by atoms with E-state index >= 15 is 0 Å². The first-order valence-electron chi connectivity index (χ1n) is 42.3. The molecule has 23 rings (SSSR count). The van der Waals surface area contributed by atoms with E-state index in [4.69, 9.17) is 0 Å². The maximum Gasteiger partial charge on any atom is 0.0713 e. The molecular weight excluding hydrogens is 1470 g/mol. The summed E-state index contributed by atoms with van der Waals surface area (Å²) >= 11 is 0. The molecule has 0 atom stereocenters. The molecule has 0 spiro atoms. The van der Waals surface area contributed by atoms with Crippen molar-refractivity contribution in [1.82, 2.24) is 0 Å². The lowest BCUT2D eigenvalue weighted by Gasteiger charge is -2.34. The van der Waals surface area contributed by atoms with Gasteiger partial charge in [0.25, 0.3) is 0 Å². The largest absolute Gasteiger partial charge is 0.311 e. The minimum absolute atomic E-state index is 0.408. The predicted octanol–water partition coefficient (Wildman–Crippen LogP) is 32.0. The molecule has 0 heterocycles. The molecule has 0 aromatic heterocycles. The third kappa shape index (κ3) is 12.2. The van der Waals surface area contributed by atoms with Crippen molar-refractivity contribution in [3.8, 4) is 77.9 Å². The van der Waals surface area contributed by atoms with Crippen molar-refractivity contribution in [1.29, 1.82) is 0 Å². The van der Waals surface area contributed by atoms with Gasteiger partial charge in [-0.2, -0.15) is 0 Å². The van der Waals surface area contributed by atoms with Crippen LogP contribution in [0.4, 0.5) is 34.1 Å². The number of nitrogens with zero attached hydrogens (tertiary/aromatic N) is 2. The van der Waals surface area contributed by atoms with Gasteiger partial charge in [0.15, 0.2) is 0 Å². The zero-order chi connectivity index (χ0) is 80.9. The summed E-state index contributed by atoms with van der Waals surface area (Å²) in [6, 6.07) is 182. The summed E-state index contributed by atoms with van der Waals surface area (Å²) in [5.41, 5.74) is 33.7. The van der Waals surface area contributed by atoms with E-state index in [1.807, 2.05) is 0 Å². The van der Waals surface area contributed by atoms with Gasteiger partial charge < -0.3 is 9.80 Å². The number of rotatable bonds is 15. The van der Waals surface area contributed by atoms with Gasteiger partial charge in [-0.3, -0.25) is 0 Å². The highest BCUT2D eigenvalue weighted by molar-refractivity contribution is 6.23. The van der Waals surface area contributed by atoms with Crippen LogP contribution in [0.15, 0.2) is 497 Å². The van der Waals surface area contributed by atoms with Gasteiger partial charge in [-0.15, -0.1) is 0 Å². The van der Waals surface area contributed by atoms with Crippen molar-refractivity contribution < 1.29 is 0 Å². The molecule has 0 fully saturated rings. The molecule has 0 N–H and O–H groups in total. The highest BCUT2D eigenvalue weighted by Gasteiger charge is 2.47. The Bertz CT molecular complexity index is 7210. The third-order valence-corrected chi connectivity index (χ3v) is 25.5. The Kier molecular flexibility index (Phi) is 18.4. The Morgan fingerprint density at radius 1 is 0.123 bits per heavy atom. The molecule has 2 heteroatoms. The predicted molar refractivity (Wildman–Crippen MR) is 514 cm³/mol. The number of benzene rings is 21. The second-order valence-electron chi connectivity index (χ2n) is 31.9. The summed E-state index contributed by atoms with van der Waals surface area (Å²) < 4.78 is 0. The fraction of sp³-hybridized carbons (Fsp3) is 0.0167. The van der Waals surface area contributed by atoms with Crippen molar-refractivity contribution in [3.63, 3.8) is 0 Å². The van der Waals surface area contributed by atoms with E-state index in [1.54, 1.807) is 0 Å². The van der Waals surface area contributed by atoms with Crippen molar-refractivity contribution in [2.75, 3.05) is 9.80 Å². The van der Waals surface area contributed by atoms with Crippen LogP contribution in [0.25, 0.3) is 121 Å². The topological polar surface area (TPSA) is 6.48 Å². The zero-order valence-corrected chi connectivity index (χ0v) is 67.2. The van der Waals surface area contributed by atoms with E-state index in [2.05, 4.69) is 507 Å². The molecule has 2 aliphatic carbocycles. The van der Waals surface area contributed by atoms with Crippen LogP contribution < -0.4 is 9.80 Å². The van der Waals surface area contributed by atoms with Crippen molar-refractivity contribution in [2.24, 2.45) is 0 Å². The highest BCUT2D eigenvalue weighted by Crippen LogP contribution is 2.59. The lowest BCUT2D eigenvalue weighted by molar-refractivity contribution is 0.768. The molecule has 21 aromatic carbocycles. The fourth-order valence-corrected chi connectivity index (χ4v) is 20.3. The van der Waals surface area contributed by atoms with E-state index in [1.165, 1.54) is 165 Å². The molecule has 2 aliphatic rings. The van der Waals surface area contributed by atoms with Crippen LogP contribution in [-0.4, -0.2) is 0 Å². The Hall–Kier alpha value is -15.7.